The lowest BCUT2D eigenvalue weighted by molar-refractivity contribution is 0.283. The molecule has 0 amide bonds. The van der Waals surface area contributed by atoms with Gasteiger partial charge in [-0.1, -0.05) is 6.07 Å². The van der Waals surface area contributed by atoms with Crippen LogP contribution in [-0.4, -0.2) is 29.3 Å². The minimum atomic E-state index is 0.120. The summed E-state index contributed by atoms with van der Waals surface area (Å²) in [6.07, 6.45) is 3.54. The summed E-state index contributed by atoms with van der Waals surface area (Å²) in [5.74, 6) is 0.804. The molecule has 1 saturated carbocycles. The van der Waals surface area contributed by atoms with Gasteiger partial charge in [-0.3, -0.25) is 0 Å². The molecule has 4 heteroatoms. The summed E-state index contributed by atoms with van der Waals surface area (Å²) < 4.78 is 0. The van der Waals surface area contributed by atoms with Gasteiger partial charge in [0.1, 0.15) is 17.6 Å². The van der Waals surface area contributed by atoms with E-state index >= 15 is 0 Å². The smallest absolute Gasteiger partial charge is 0.142 e. The molecule has 1 N–H and O–H groups in total. The number of pyridine rings is 1. The standard InChI is InChI=1S/C12H15N3O/c13-9-10-3-1-6-12(14-10)15(7-8-16)11-4-2-5-11/h1,3,6,11,16H,2,4-5,7-8H2. The molecular formula is C12H15N3O. The summed E-state index contributed by atoms with van der Waals surface area (Å²) in [5, 5.41) is 17.9. The van der Waals surface area contributed by atoms with Gasteiger partial charge in [0.05, 0.1) is 6.61 Å². The fraction of sp³-hybridized carbons (Fsp3) is 0.500. The Morgan fingerprint density at radius 3 is 2.88 bits per heavy atom. The molecule has 0 aromatic carbocycles. The molecule has 16 heavy (non-hydrogen) atoms. The van der Waals surface area contributed by atoms with Crippen molar-refractivity contribution >= 4 is 5.82 Å². The normalized spacial score (nSPS) is 15.2. The highest BCUT2D eigenvalue weighted by atomic mass is 16.3. The molecule has 0 unspecified atom stereocenters. The molecule has 4 nitrogen and oxygen atoms in total. The zero-order chi connectivity index (χ0) is 11.4. The number of nitriles is 1. The van der Waals surface area contributed by atoms with Crippen molar-refractivity contribution < 1.29 is 5.11 Å². The molecule has 1 aromatic rings. The summed E-state index contributed by atoms with van der Waals surface area (Å²) in [5.41, 5.74) is 0.430. The molecule has 1 aliphatic carbocycles. The van der Waals surface area contributed by atoms with Crippen molar-refractivity contribution in [2.75, 3.05) is 18.1 Å². The van der Waals surface area contributed by atoms with Gasteiger partial charge in [0, 0.05) is 12.6 Å². The van der Waals surface area contributed by atoms with Gasteiger partial charge in [-0.15, -0.1) is 0 Å². The van der Waals surface area contributed by atoms with Crippen molar-refractivity contribution in [2.45, 2.75) is 25.3 Å². The average Bonchev–Trinajstić information content (AvgIpc) is 2.26. The SMILES string of the molecule is N#Cc1cccc(N(CCO)C2CCC2)n1. The van der Waals surface area contributed by atoms with Gasteiger partial charge in [-0.05, 0) is 31.4 Å². The van der Waals surface area contributed by atoms with Gasteiger partial charge in [-0.25, -0.2) is 4.98 Å². The van der Waals surface area contributed by atoms with Crippen LogP contribution in [0, 0.1) is 11.3 Å². The number of aromatic nitrogens is 1. The number of rotatable bonds is 4. The molecule has 0 radical (unpaired) electrons. The van der Waals surface area contributed by atoms with Crippen LogP contribution in [0.1, 0.15) is 25.0 Å². The quantitative estimate of drug-likeness (QED) is 0.826. The van der Waals surface area contributed by atoms with E-state index in [0.717, 1.165) is 18.7 Å². The number of anilines is 1. The van der Waals surface area contributed by atoms with Crippen LogP contribution >= 0.6 is 0 Å². The summed E-state index contributed by atoms with van der Waals surface area (Å²) in [4.78, 5) is 6.37. The third-order valence-electron chi connectivity index (χ3n) is 3.00. The maximum absolute atomic E-state index is 9.06. The summed E-state index contributed by atoms with van der Waals surface area (Å²) in [7, 11) is 0. The van der Waals surface area contributed by atoms with Crippen molar-refractivity contribution in [3.05, 3.63) is 23.9 Å². The van der Waals surface area contributed by atoms with E-state index in [-0.39, 0.29) is 6.61 Å². The molecule has 1 fully saturated rings. The fourth-order valence-corrected chi connectivity index (χ4v) is 1.94. The maximum Gasteiger partial charge on any atom is 0.142 e. The van der Waals surface area contributed by atoms with Gasteiger partial charge in [0.2, 0.25) is 0 Å². The molecule has 2 rings (SSSR count). The second-order valence-electron chi connectivity index (χ2n) is 3.99. The largest absolute Gasteiger partial charge is 0.395 e. The molecule has 0 spiro atoms. The molecule has 0 atom stereocenters. The van der Waals surface area contributed by atoms with Crippen molar-refractivity contribution in [1.29, 1.82) is 5.26 Å². The lowest BCUT2D eigenvalue weighted by Crippen LogP contribution is -2.42. The van der Waals surface area contributed by atoms with Crippen LogP contribution < -0.4 is 4.90 Å². The second-order valence-corrected chi connectivity index (χ2v) is 3.99. The Hall–Kier alpha value is -1.60. The molecule has 1 heterocycles. The highest BCUT2D eigenvalue weighted by Crippen LogP contribution is 2.28. The maximum atomic E-state index is 9.06. The van der Waals surface area contributed by atoms with Crippen LogP contribution in [0.15, 0.2) is 18.2 Å². The van der Waals surface area contributed by atoms with Crippen molar-refractivity contribution in [1.82, 2.24) is 4.98 Å². The van der Waals surface area contributed by atoms with E-state index in [1.807, 2.05) is 18.2 Å². The monoisotopic (exact) mass is 217 g/mol. The van der Waals surface area contributed by atoms with Gasteiger partial charge >= 0.3 is 0 Å². The number of nitrogens with zero attached hydrogens (tertiary/aromatic N) is 3. The number of hydrogen-bond acceptors (Lipinski definition) is 4. The van der Waals surface area contributed by atoms with E-state index in [1.54, 1.807) is 6.07 Å². The Bertz CT molecular complexity index is 395. The zero-order valence-electron chi connectivity index (χ0n) is 9.13. The Kier molecular flexibility index (Phi) is 3.37. The highest BCUT2D eigenvalue weighted by molar-refractivity contribution is 5.43. The molecular weight excluding hydrogens is 202 g/mol. The molecule has 84 valence electrons. The molecule has 0 aliphatic heterocycles. The fourth-order valence-electron chi connectivity index (χ4n) is 1.94. The summed E-state index contributed by atoms with van der Waals surface area (Å²) in [6.45, 7) is 0.710. The summed E-state index contributed by atoms with van der Waals surface area (Å²) in [6, 6.07) is 7.95. The van der Waals surface area contributed by atoms with Gasteiger partial charge < -0.3 is 10.0 Å². The molecule has 0 saturated heterocycles. The van der Waals surface area contributed by atoms with Crippen molar-refractivity contribution in [2.24, 2.45) is 0 Å². The van der Waals surface area contributed by atoms with Crippen LogP contribution in [0.4, 0.5) is 5.82 Å². The lowest BCUT2D eigenvalue weighted by Gasteiger charge is -2.38. The molecule has 1 aromatic heterocycles. The number of aliphatic hydroxyl groups excluding tert-OH is 1. The zero-order valence-corrected chi connectivity index (χ0v) is 9.13. The van der Waals surface area contributed by atoms with Gasteiger partial charge in [-0.2, -0.15) is 5.26 Å². The van der Waals surface area contributed by atoms with E-state index in [1.165, 1.54) is 6.42 Å². The Morgan fingerprint density at radius 2 is 2.31 bits per heavy atom. The van der Waals surface area contributed by atoms with Crippen LogP contribution in [0.5, 0.6) is 0 Å². The first-order chi connectivity index (χ1) is 7.85. The second kappa shape index (κ2) is 4.95. The number of aliphatic hydroxyl groups is 1. The minimum Gasteiger partial charge on any atom is -0.395 e. The van der Waals surface area contributed by atoms with Crippen molar-refractivity contribution in [3.8, 4) is 6.07 Å². The Morgan fingerprint density at radius 1 is 1.50 bits per heavy atom. The highest BCUT2D eigenvalue weighted by Gasteiger charge is 2.25. The average molecular weight is 217 g/mol. The summed E-state index contributed by atoms with van der Waals surface area (Å²) >= 11 is 0. The Labute approximate surface area is 95.1 Å². The third kappa shape index (κ3) is 2.15. The first-order valence-corrected chi connectivity index (χ1v) is 5.60. The van der Waals surface area contributed by atoms with E-state index in [0.29, 0.717) is 18.3 Å². The predicted molar refractivity (Wildman–Crippen MR) is 61.0 cm³/mol. The van der Waals surface area contributed by atoms with E-state index in [4.69, 9.17) is 10.4 Å². The number of hydrogen-bond donors (Lipinski definition) is 1. The Balaban J connectivity index is 2.20. The predicted octanol–water partition coefficient (Wildman–Crippen LogP) is 1.30. The van der Waals surface area contributed by atoms with Crippen LogP contribution in [0.3, 0.4) is 0 Å². The minimum absolute atomic E-state index is 0.120. The third-order valence-corrected chi connectivity index (χ3v) is 3.00. The first kappa shape index (κ1) is 10.9. The lowest BCUT2D eigenvalue weighted by atomic mass is 9.91. The van der Waals surface area contributed by atoms with Gasteiger partial charge in [0.25, 0.3) is 0 Å². The molecule has 1 aliphatic rings. The van der Waals surface area contributed by atoms with Gasteiger partial charge in [0.15, 0.2) is 0 Å². The van der Waals surface area contributed by atoms with Crippen LogP contribution in [0.25, 0.3) is 0 Å². The topological polar surface area (TPSA) is 60.2 Å². The van der Waals surface area contributed by atoms with Crippen LogP contribution in [0.2, 0.25) is 0 Å². The van der Waals surface area contributed by atoms with Crippen LogP contribution in [-0.2, 0) is 0 Å². The first-order valence-electron chi connectivity index (χ1n) is 5.60. The van der Waals surface area contributed by atoms with E-state index in [2.05, 4.69) is 9.88 Å². The van der Waals surface area contributed by atoms with E-state index < -0.39 is 0 Å². The van der Waals surface area contributed by atoms with Crippen molar-refractivity contribution in [3.63, 3.8) is 0 Å². The van der Waals surface area contributed by atoms with E-state index in [9.17, 15) is 0 Å². The molecule has 0 bridgehead atoms.